The van der Waals surface area contributed by atoms with Gasteiger partial charge in [0.25, 0.3) is 10.9 Å². The van der Waals surface area contributed by atoms with Crippen molar-refractivity contribution < 1.29 is 17.9 Å². The van der Waals surface area contributed by atoms with Gasteiger partial charge in [0.05, 0.1) is 24.2 Å². The number of halogens is 3. The SMILES string of the molecule is C=CC1CN2CCC1CC2[C@@H](Nc1c(Nc2cc(C)cc(C(F)(F)F)c2)c(=O)c1=O)c1ccnc2ccc(OC)cc12. The van der Waals surface area contributed by atoms with Gasteiger partial charge in [-0.2, -0.15) is 13.2 Å². The molecule has 7 nitrogen and oxygen atoms in total. The van der Waals surface area contributed by atoms with Crippen molar-refractivity contribution in [1.29, 1.82) is 0 Å². The van der Waals surface area contributed by atoms with Crippen molar-refractivity contribution in [2.24, 2.45) is 11.8 Å². The first-order chi connectivity index (χ1) is 20.1. The van der Waals surface area contributed by atoms with Gasteiger partial charge in [-0.15, -0.1) is 6.58 Å². The summed E-state index contributed by atoms with van der Waals surface area (Å²) >= 11 is 0. The lowest BCUT2D eigenvalue weighted by atomic mass is 9.73. The molecule has 3 saturated heterocycles. The fourth-order valence-corrected chi connectivity index (χ4v) is 6.62. The standard InChI is InChI=1S/C32H31F3N4O3/c1-4-18-16-39-10-8-19(18)13-26(39)27(23-7-9-36-25-6-5-22(42-3)15-24(23)25)38-29-28(30(40)31(29)41)37-21-12-17(2)11-20(14-21)32(33,34)35/h4-7,9,11-12,14-15,18-19,26-27,37-38H,1,8,10,13,16H2,2-3H3/t18?,19?,26?,27-/m0/s1. The molecule has 1 aromatic heterocycles. The zero-order valence-electron chi connectivity index (χ0n) is 23.3. The van der Waals surface area contributed by atoms with E-state index in [9.17, 15) is 22.8 Å². The monoisotopic (exact) mass is 576 g/mol. The second-order valence-corrected chi connectivity index (χ2v) is 11.3. The number of hydrogen-bond acceptors (Lipinski definition) is 7. The molecule has 3 fully saturated rings. The molecular weight excluding hydrogens is 545 g/mol. The number of hydrogen-bond donors (Lipinski definition) is 2. The number of nitrogens with one attached hydrogen (secondary N) is 2. The lowest BCUT2D eigenvalue weighted by molar-refractivity contribution is -0.137. The number of rotatable bonds is 8. The number of benzene rings is 2. The van der Waals surface area contributed by atoms with Crippen molar-refractivity contribution in [2.45, 2.75) is 38.0 Å². The number of fused-ring (bicyclic) bond motifs is 4. The van der Waals surface area contributed by atoms with E-state index in [1.54, 1.807) is 20.2 Å². The van der Waals surface area contributed by atoms with Gasteiger partial charge in [-0.25, -0.2) is 0 Å². The number of piperidine rings is 3. The molecule has 10 heteroatoms. The lowest BCUT2D eigenvalue weighted by Crippen LogP contribution is -2.56. The van der Waals surface area contributed by atoms with Crippen molar-refractivity contribution in [1.82, 2.24) is 9.88 Å². The Morgan fingerprint density at radius 2 is 1.90 bits per heavy atom. The number of anilines is 3. The Morgan fingerprint density at radius 1 is 1.12 bits per heavy atom. The number of aromatic nitrogens is 1. The maximum atomic E-state index is 13.5. The Bertz CT molecular complexity index is 1740. The minimum absolute atomic E-state index is 0.00944. The van der Waals surface area contributed by atoms with E-state index in [0.29, 0.717) is 23.1 Å². The molecule has 4 aromatic rings. The third kappa shape index (κ3) is 4.93. The molecule has 4 heterocycles. The maximum Gasteiger partial charge on any atom is 0.416 e. The fraction of sp³-hybridized carbons (Fsp3) is 0.344. The highest BCUT2D eigenvalue weighted by molar-refractivity contribution is 5.85. The van der Waals surface area contributed by atoms with Crippen LogP contribution in [0.5, 0.6) is 5.75 Å². The highest BCUT2D eigenvalue weighted by Gasteiger charge is 2.43. The van der Waals surface area contributed by atoms with Crippen LogP contribution >= 0.6 is 0 Å². The molecule has 0 amide bonds. The number of ether oxygens (including phenoxy) is 1. The van der Waals surface area contributed by atoms with Gasteiger partial charge in [-0.05, 0) is 91.7 Å². The molecule has 3 aliphatic rings. The Labute approximate surface area is 240 Å². The fourth-order valence-electron chi connectivity index (χ4n) is 6.62. The molecule has 2 N–H and O–H groups in total. The smallest absolute Gasteiger partial charge is 0.416 e. The van der Waals surface area contributed by atoms with E-state index in [2.05, 4.69) is 27.1 Å². The van der Waals surface area contributed by atoms with Crippen LogP contribution in [0.4, 0.5) is 30.2 Å². The highest BCUT2D eigenvalue weighted by Crippen LogP contribution is 2.44. The number of aryl methyl sites for hydroxylation is 1. The summed E-state index contributed by atoms with van der Waals surface area (Å²) in [6.45, 7) is 7.30. The van der Waals surface area contributed by atoms with Gasteiger partial charge in [0.1, 0.15) is 17.1 Å². The molecule has 0 saturated carbocycles. The van der Waals surface area contributed by atoms with Crippen LogP contribution in [0.2, 0.25) is 0 Å². The summed E-state index contributed by atoms with van der Waals surface area (Å²) in [7, 11) is 1.59. The lowest BCUT2D eigenvalue weighted by Gasteiger charge is -2.52. The Balaban J connectivity index is 1.42. The summed E-state index contributed by atoms with van der Waals surface area (Å²) in [5.74, 6) is 1.46. The highest BCUT2D eigenvalue weighted by atomic mass is 19.4. The predicted octanol–water partition coefficient (Wildman–Crippen LogP) is 5.96. The van der Waals surface area contributed by atoms with E-state index in [4.69, 9.17) is 4.74 Å². The zero-order valence-corrected chi connectivity index (χ0v) is 23.3. The molecule has 0 radical (unpaired) electrons. The minimum atomic E-state index is -4.55. The molecule has 4 unspecified atom stereocenters. The molecule has 218 valence electrons. The summed E-state index contributed by atoms with van der Waals surface area (Å²) in [4.78, 5) is 32.7. The third-order valence-electron chi connectivity index (χ3n) is 8.74. The van der Waals surface area contributed by atoms with Crippen molar-refractivity contribution in [3.63, 3.8) is 0 Å². The first-order valence-corrected chi connectivity index (χ1v) is 13.9. The summed E-state index contributed by atoms with van der Waals surface area (Å²) in [5, 5.41) is 7.05. The first kappa shape index (κ1) is 28.0. The second kappa shape index (κ2) is 10.6. The Morgan fingerprint density at radius 3 is 2.60 bits per heavy atom. The predicted molar refractivity (Wildman–Crippen MR) is 157 cm³/mol. The van der Waals surface area contributed by atoms with Gasteiger partial charge in [0, 0.05) is 29.9 Å². The van der Waals surface area contributed by atoms with Crippen molar-refractivity contribution >= 4 is 28.0 Å². The molecule has 0 spiro atoms. The third-order valence-corrected chi connectivity index (χ3v) is 8.74. The van der Waals surface area contributed by atoms with E-state index in [1.165, 1.54) is 6.07 Å². The van der Waals surface area contributed by atoms with Crippen molar-refractivity contribution in [2.75, 3.05) is 30.8 Å². The quantitative estimate of drug-likeness (QED) is 0.198. The average Bonchev–Trinajstić information content (AvgIpc) is 2.99. The topological polar surface area (TPSA) is 83.6 Å². The second-order valence-electron chi connectivity index (χ2n) is 11.3. The van der Waals surface area contributed by atoms with Crippen LogP contribution in [-0.4, -0.2) is 36.1 Å². The molecular formula is C32H31F3N4O3. The Kier molecular flexibility index (Phi) is 7.04. The van der Waals surface area contributed by atoms with Gasteiger partial charge < -0.3 is 15.4 Å². The maximum absolute atomic E-state index is 13.5. The molecule has 3 aromatic carbocycles. The van der Waals surface area contributed by atoms with Crippen molar-refractivity contribution in [3.05, 3.63) is 98.5 Å². The van der Waals surface area contributed by atoms with Gasteiger partial charge in [0.15, 0.2) is 0 Å². The normalized spacial score (nSPS) is 22.7. The first-order valence-electron chi connectivity index (χ1n) is 13.9. The van der Waals surface area contributed by atoms with E-state index in [-0.39, 0.29) is 23.1 Å². The molecule has 2 bridgehead atoms. The van der Waals surface area contributed by atoms with Crippen LogP contribution in [-0.2, 0) is 6.18 Å². The van der Waals surface area contributed by atoms with Crippen LogP contribution in [0.3, 0.4) is 0 Å². The summed E-state index contributed by atoms with van der Waals surface area (Å²) in [6.07, 6.45) is 1.08. The van der Waals surface area contributed by atoms with Gasteiger partial charge >= 0.3 is 6.18 Å². The van der Waals surface area contributed by atoms with Crippen LogP contribution in [0.15, 0.2) is 70.9 Å². The average molecular weight is 577 g/mol. The van der Waals surface area contributed by atoms with E-state index in [0.717, 1.165) is 54.5 Å². The van der Waals surface area contributed by atoms with Crippen LogP contribution < -0.4 is 26.2 Å². The summed E-state index contributed by atoms with van der Waals surface area (Å²) in [5.41, 5.74) is -0.192. The van der Waals surface area contributed by atoms with Crippen LogP contribution in [0, 0.1) is 18.8 Å². The Hall–Kier alpha value is -4.18. The van der Waals surface area contributed by atoms with E-state index < -0.39 is 28.6 Å². The largest absolute Gasteiger partial charge is 0.497 e. The zero-order chi connectivity index (χ0) is 29.8. The minimum Gasteiger partial charge on any atom is -0.497 e. The molecule has 7 rings (SSSR count). The number of pyridine rings is 1. The van der Waals surface area contributed by atoms with Crippen LogP contribution in [0.25, 0.3) is 10.9 Å². The number of methoxy groups -OCH3 is 1. The summed E-state index contributed by atoms with van der Waals surface area (Å²) < 4.78 is 45.9. The molecule has 5 atom stereocenters. The van der Waals surface area contributed by atoms with Gasteiger partial charge in [-0.1, -0.05) is 6.08 Å². The molecule has 0 aliphatic carbocycles. The van der Waals surface area contributed by atoms with Gasteiger partial charge in [0.2, 0.25) is 0 Å². The van der Waals surface area contributed by atoms with Crippen LogP contribution in [0.1, 0.15) is 35.6 Å². The molecule has 42 heavy (non-hydrogen) atoms. The van der Waals surface area contributed by atoms with E-state index >= 15 is 0 Å². The molecule has 3 aliphatic heterocycles. The number of nitrogens with zero attached hydrogens (tertiary/aromatic N) is 2. The number of alkyl halides is 3. The van der Waals surface area contributed by atoms with E-state index in [1.807, 2.05) is 30.3 Å². The van der Waals surface area contributed by atoms with Gasteiger partial charge in [-0.3, -0.25) is 19.5 Å². The van der Waals surface area contributed by atoms with Crippen molar-refractivity contribution in [3.8, 4) is 5.75 Å². The summed E-state index contributed by atoms with van der Waals surface area (Å²) in [6, 6.07) is 10.6.